The second kappa shape index (κ2) is 10.1. The zero-order chi connectivity index (χ0) is 15.6. The normalized spacial score (nSPS) is 33.0. The van der Waals surface area contributed by atoms with Crippen molar-refractivity contribution in [2.24, 2.45) is 17.8 Å². The van der Waals surface area contributed by atoms with Crippen molar-refractivity contribution in [3.8, 4) is 0 Å². The van der Waals surface area contributed by atoms with Crippen LogP contribution in [0.1, 0.15) is 84.0 Å². The number of ether oxygens (including phenoxy) is 1. The highest BCUT2D eigenvalue weighted by Gasteiger charge is 2.30. The predicted octanol–water partition coefficient (Wildman–Crippen LogP) is 6.65. The van der Waals surface area contributed by atoms with Crippen LogP contribution in [0.3, 0.4) is 0 Å². The van der Waals surface area contributed by atoms with Crippen LogP contribution in [0, 0.1) is 17.8 Å². The summed E-state index contributed by atoms with van der Waals surface area (Å²) in [7, 11) is 0. The van der Waals surface area contributed by atoms with Crippen molar-refractivity contribution < 1.29 is 4.74 Å². The van der Waals surface area contributed by atoms with Crippen molar-refractivity contribution >= 4 is 0 Å². The molecule has 0 unspecified atom stereocenters. The maximum absolute atomic E-state index is 5.89. The van der Waals surface area contributed by atoms with E-state index in [2.05, 4.69) is 25.7 Å². The number of unbranched alkanes of at least 4 members (excludes halogenated alkanes) is 1. The van der Waals surface area contributed by atoms with Gasteiger partial charge in [-0.1, -0.05) is 32.3 Å². The molecule has 2 fully saturated rings. The van der Waals surface area contributed by atoms with Crippen LogP contribution in [0.15, 0.2) is 25.0 Å². The standard InChI is InChI=1S/C21H36O/c1-3-5-7-17-22-21-15-13-20(14-16-21)19-11-9-18(10-12-19)8-6-4-2/h4,7,17-21H,2-3,5-6,8-16H2,1H3/b17-7+/t18-,19-,20?,21?. The van der Waals surface area contributed by atoms with Crippen molar-refractivity contribution in [1.82, 2.24) is 0 Å². The summed E-state index contributed by atoms with van der Waals surface area (Å²) in [4.78, 5) is 0. The van der Waals surface area contributed by atoms with Crippen LogP contribution in [0.25, 0.3) is 0 Å². The summed E-state index contributed by atoms with van der Waals surface area (Å²) in [5, 5.41) is 0. The largest absolute Gasteiger partial charge is 0.498 e. The lowest BCUT2D eigenvalue weighted by molar-refractivity contribution is 0.0629. The van der Waals surface area contributed by atoms with Crippen LogP contribution in [-0.2, 0) is 4.74 Å². The molecule has 0 N–H and O–H groups in total. The number of rotatable bonds is 8. The molecule has 2 aliphatic rings. The molecule has 1 nitrogen and oxygen atoms in total. The molecule has 22 heavy (non-hydrogen) atoms. The van der Waals surface area contributed by atoms with Crippen LogP contribution in [0.2, 0.25) is 0 Å². The summed E-state index contributed by atoms with van der Waals surface area (Å²) in [5.41, 5.74) is 0. The smallest absolute Gasteiger partial charge is 0.0978 e. The van der Waals surface area contributed by atoms with E-state index in [0.29, 0.717) is 6.10 Å². The summed E-state index contributed by atoms with van der Waals surface area (Å²) >= 11 is 0. The lowest BCUT2D eigenvalue weighted by atomic mass is 9.70. The fourth-order valence-corrected chi connectivity index (χ4v) is 4.40. The third-order valence-electron chi connectivity index (χ3n) is 5.88. The molecule has 0 amide bonds. The van der Waals surface area contributed by atoms with Crippen LogP contribution in [0.4, 0.5) is 0 Å². The van der Waals surface area contributed by atoms with Gasteiger partial charge in [0.2, 0.25) is 0 Å². The maximum atomic E-state index is 5.89. The molecule has 0 saturated heterocycles. The second-order valence-corrected chi connectivity index (χ2v) is 7.48. The Morgan fingerprint density at radius 2 is 1.55 bits per heavy atom. The van der Waals surface area contributed by atoms with Crippen molar-refractivity contribution in [1.29, 1.82) is 0 Å². The van der Waals surface area contributed by atoms with E-state index in [-0.39, 0.29) is 0 Å². The van der Waals surface area contributed by atoms with Gasteiger partial charge in [-0.2, -0.15) is 0 Å². The van der Waals surface area contributed by atoms with Gasteiger partial charge in [-0.25, -0.2) is 0 Å². The maximum Gasteiger partial charge on any atom is 0.0978 e. The van der Waals surface area contributed by atoms with Gasteiger partial charge in [0.1, 0.15) is 0 Å². The topological polar surface area (TPSA) is 9.23 Å². The van der Waals surface area contributed by atoms with E-state index in [4.69, 9.17) is 4.74 Å². The predicted molar refractivity (Wildman–Crippen MR) is 95.8 cm³/mol. The molecule has 2 saturated carbocycles. The first kappa shape index (κ1) is 17.6. The SMILES string of the molecule is C=CCC[C@H]1CC[C@H](C2CCC(O/C=C/CCC)CC2)CC1. The lowest BCUT2D eigenvalue weighted by Gasteiger charge is -2.37. The average Bonchev–Trinajstić information content (AvgIpc) is 2.58. The summed E-state index contributed by atoms with van der Waals surface area (Å²) in [6.07, 6.45) is 22.9. The molecule has 0 aromatic rings. The van der Waals surface area contributed by atoms with E-state index in [9.17, 15) is 0 Å². The van der Waals surface area contributed by atoms with Crippen LogP contribution in [-0.4, -0.2) is 6.10 Å². The van der Waals surface area contributed by atoms with Crippen molar-refractivity contribution in [2.45, 2.75) is 90.1 Å². The van der Waals surface area contributed by atoms with Gasteiger partial charge in [-0.15, -0.1) is 6.58 Å². The Kier molecular flexibility index (Phi) is 8.12. The van der Waals surface area contributed by atoms with E-state index in [1.54, 1.807) is 0 Å². The Bertz CT molecular complexity index is 317. The van der Waals surface area contributed by atoms with Gasteiger partial charge in [-0.05, 0) is 81.6 Å². The van der Waals surface area contributed by atoms with E-state index in [1.165, 1.54) is 70.6 Å². The minimum absolute atomic E-state index is 0.494. The molecule has 1 heteroatoms. The molecule has 0 aromatic carbocycles. The highest BCUT2D eigenvalue weighted by Crippen LogP contribution is 2.41. The van der Waals surface area contributed by atoms with Crippen LogP contribution in [0.5, 0.6) is 0 Å². The first-order valence-corrected chi connectivity index (χ1v) is 9.74. The molecule has 0 spiro atoms. The monoisotopic (exact) mass is 304 g/mol. The van der Waals surface area contributed by atoms with Crippen LogP contribution < -0.4 is 0 Å². The minimum atomic E-state index is 0.494. The highest BCUT2D eigenvalue weighted by molar-refractivity contribution is 4.84. The van der Waals surface area contributed by atoms with Gasteiger partial charge in [0.15, 0.2) is 0 Å². The molecule has 2 aliphatic carbocycles. The zero-order valence-electron chi connectivity index (χ0n) is 14.6. The van der Waals surface area contributed by atoms with Crippen molar-refractivity contribution in [3.05, 3.63) is 25.0 Å². The molecule has 0 radical (unpaired) electrons. The van der Waals surface area contributed by atoms with Crippen LogP contribution >= 0.6 is 0 Å². The van der Waals surface area contributed by atoms with Gasteiger partial charge in [0.25, 0.3) is 0 Å². The molecular weight excluding hydrogens is 268 g/mol. The molecule has 0 aromatic heterocycles. The Morgan fingerprint density at radius 3 is 2.14 bits per heavy atom. The number of hydrogen-bond acceptors (Lipinski definition) is 1. The Morgan fingerprint density at radius 1 is 0.909 bits per heavy atom. The summed E-state index contributed by atoms with van der Waals surface area (Å²) in [6, 6.07) is 0. The van der Waals surface area contributed by atoms with Gasteiger partial charge in [0.05, 0.1) is 12.4 Å². The Labute approximate surface area is 138 Å². The highest BCUT2D eigenvalue weighted by atomic mass is 16.5. The third-order valence-corrected chi connectivity index (χ3v) is 5.88. The van der Waals surface area contributed by atoms with E-state index in [1.807, 2.05) is 6.26 Å². The first-order valence-electron chi connectivity index (χ1n) is 9.74. The summed E-state index contributed by atoms with van der Waals surface area (Å²) < 4.78 is 5.89. The van der Waals surface area contributed by atoms with Gasteiger partial charge in [-0.3, -0.25) is 0 Å². The van der Waals surface area contributed by atoms with E-state index in [0.717, 1.165) is 24.2 Å². The summed E-state index contributed by atoms with van der Waals surface area (Å²) in [5.74, 6) is 2.98. The molecule has 2 rings (SSSR count). The van der Waals surface area contributed by atoms with Gasteiger partial charge in [0, 0.05) is 0 Å². The third kappa shape index (κ3) is 5.82. The second-order valence-electron chi connectivity index (χ2n) is 7.48. The fourth-order valence-electron chi connectivity index (χ4n) is 4.40. The Balaban J connectivity index is 1.62. The number of allylic oxidation sites excluding steroid dienone is 2. The summed E-state index contributed by atoms with van der Waals surface area (Å²) in [6.45, 7) is 6.07. The van der Waals surface area contributed by atoms with Crippen molar-refractivity contribution in [2.75, 3.05) is 0 Å². The van der Waals surface area contributed by atoms with E-state index < -0.39 is 0 Å². The quantitative estimate of drug-likeness (QED) is 0.360. The molecular formula is C21H36O. The zero-order valence-corrected chi connectivity index (χ0v) is 14.6. The lowest BCUT2D eigenvalue weighted by Crippen LogP contribution is -2.28. The van der Waals surface area contributed by atoms with Gasteiger partial charge >= 0.3 is 0 Å². The minimum Gasteiger partial charge on any atom is -0.498 e. The average molecular weight is 305 g/mol. The fraction of sp³-hybridized carbons (Fsp3) is 0.810. The molecule has 0 bridgehead atoms. The molecule has 0 atom stereocenters. The molecule has 126 valence electrons. The first-order chi connectivity index (χ1) is 10.8. The number of hydrogen-bond donors (Lipinski definition) is 0. The Hall–Kier alpha value is -0.720. The van der Waals surface area contributed by atoms with E-state index >= 15 is 0 Å². The van der Waals surface area contributed by atoms with Gasteiger partial charge < -0.3 is 4.74 Å². The van der Waals surface area contributed by atoms with Crippen molar-refractivity contribution in [3.63, 3.8) is 0 Å². The molecule has 0 aliphatic heterocycles. The molecule has 0 heterocycles.